The van der Waals surface area contributed by atoms with Crippen LogP contribution in [0.25, 0.3) is 22.4 Å². The van der Waals surface area contributed by atoms with E-state index in [4.69, 9.17) is 68.4 Å². The van der Waals surface area contributed by atoms with Crippen molar-refractivity contribution in [2.75, 3.05) is 57.4 Å². The fourth-order valence-electron chi connectivity index (χ4n) is 9.56. The molecule has 35 nitrogen and oxygen atoms in total. The van der Waals surface area contributed by atoms with Gasteiger partial charge in [0.15, 0.2) is 29.4 Å². The number of imidazole rings is 1. The van der Waals surface area contributed by atoms with E-state index in [1.807, 2.05) is 27.0 Å². The van der Waals surface area contributed by atoms with Crippen LogP contribution < -0.4 is 37.9 Å². The van der Waals surface area contributed by atoms with Crippen molar-refractivity contribution in [3.8, 4) is 17.0 Å². The number of nitrogens with two attached hydrogens (primary N) is 3. The number of rotatable bonds is 31. The smallest absolute Gasteiger partial charge is 0.481 e. The number of phosphoric acid groups is 3. The number of carbonyl (C=O) groups is 5. The van der Waals surface area contributed by atoms with Gasteiger partial charge in [0.25, 0.3) is 5.12 Å². The maximum absolute atomic E-state index is 13.1. The first-order chi connectivity index (χ1) is 43.1. The van der Waals surface area contributed by atoms with Crippen molar-refractivity contribution < 1.29 is 99.2 Å². The number of amides is 4. The number of halogens is 2. The number of fused-ring (bicyclic) bond motifs is 1. The second kappa shape index (κ2) is 31.4. The Hall–Kier alpha value is -6.14. The third-order valence-corrected chi connectivity index (χ3v) is 19.0. The Morgan fingerprint density at radius 1 is 0.935 bits per heavy atom. The van der Waals surface area contributed by atoms with Gasteiger partial charge in [0.2, 0.25) is 23.6 Å². The lowest BCUT2D eigenvalue weighted by molar-refractivity contribution is -0.137. The number of aliphatic hydroxyl groups excluding tert-OH is 2. The molecule has 6 heterocycles. The summed E-state index contributed by atoms with van der Waals surface area (Å²) in [5.41, 5.74) is 17.3. The summed E-state index contributed by atoms with van der Waals surface area (Å²) in [6.07, 6.45) is -5.50. The van der Waals surface area contributed by atoms with Crippen LogP contribution in [0.15, 0.2) is 52.4 Å². The average Bonchev–Trinajstić information content (AvgIpc) is 1.73. The number of carbonyl (C=O) groups excluding carboxylic acids is 5. The summed E-state index contributed by atoms with van der Waals surface area (Å²) in [6, 6.07) is 7.49. The monoisotopic (exact) mass is 1410 g/mol. The summed E-state index contributed by atoms with van der Waals surface area (Å²) in [7, 11) is -14.8. The number of hydrogen-bond donors (Lipinski definition) is 12. The molecule has 506 valence electrons. The van der Waals surface area contributed by atoms with Gasteiger partial charge in [-0.15, -0.1) is 0 Å². The summed E-state index contributed by atoms with van der Waals surface area (Å²) in [6.45, 7) is 4.63. The number of nitrogens with one attached hydrogen (secondary N) is 3. The number of benzene rings is 1. The summed E-state index contributed by atoms with van der Waals surface area (Å²) in [4.78, 5) is 121. The van der Waals surface area contributed by atoms with Gasteiger partial charge >= 0.3 is 23.5 Å². The van der Waals surface area contributed by atoms with E-state index >= 15 is 0 Å². The van der Waals surface area contributed by atoms with Gasteiger partial charge in [-0.1, -0.05) is 62.7 Å². The van der Waals surface area contributed by atoms with Crippen LogP contribution in [-0.4, -0.2) is 181 Å². The Bertz CT molecular complexity index is 3650. The van der Waals surface area contributed by atoms with Crippen molar-refractivity contribution in [2.24, 2.45) is 34.8 Å². The second-order valence-corrected chi connectivity index (χ2v) is 28.2. The molecule has 4 aromatic heterocycles. The highest BCUT2D eigenvalue weighted by Crippen LogP contribution is 2.61. The Balaban J connectivity index is 0.779. The van der Waals surface area contributed by atoms with E-state index in [2.05, 4.69) is 44.7 Å². The molecular weight excluding hydrogens is 1340 g/mol. The third-order valence-electron chi connectivity index (χ3n) is 14.2. The second-order valence-electron chi connectivity index (χ2n) is 22.1. The zero-order valence-electron chi connectivity index (χ0n) is 50.0. The number of hydrogen-bond acceptors (Lipinski definition) is 24. The van der Waals surface area contributed by atoms with Crippen LogP contribution in [0.1, 0.15) is 87.5 Å². The van der Waals surface area contributed by atoms with E-state index in [-0.39, 0.29) is 101 Å². The van der Waals surface area contributed by atoms with Gasteiger partial charge in [-0.3, -0.25) is 46.8 Å². The lowest BCUT2D eigenvalue weighted by Gasteiger charge is -2.32. The minimum atomic E-state index is -5.63. The van der Waals surface area contributed by atoms with Gasteiger partial charge in [-0.25, -0.2) is 33.6 Å². The van der Waals surface area contributed by atoms with E-state index < -0.39 is 102 Å². The highest BCUT2D eigenvalue weighted by Gasteiger charge is 2.50. The summed E-state index contributed by atoms with van der Waals surface area (Å²) in [5, 5.41) is 33.9. The molecule has 0 bridgehead atoms. The van der Waals surface area contributed by atoms with E-state index in [0.29, 0.717) is 49.4 Å². The lowest BCUT2D eigenvalue weighted by Crippen LogP contribution is -2.46. The first kappa shape index (κ1) is 73.3. The number of ether oxygens (including phenoxy) is 2. The Morgan fingerprint density at radius 3 is 2.33 bits per heavy atom. The number of nitrogen functional groups attached to an aromatic ring is 1. The molecule has 5 aromatic rings. The molecular formula is C51H71Cl2N14O21P3S. The standard InChI is InChI=1S/C51H71Cl2N14O21P3S/c1-26(2)18-31(63-50(55)56)46(72)59-20-37(69)66-15-11-27(12-16-66)32-19-30(64-65(32)5)29-7-9-33(39(53)38(29)52)82-21-28-6-8-34(85-28)49(74)92-17-14-57-36(68)10-13-58-47(73)43(71)51(3,4)23-84-91(80,81)88-90(78,79)83-22-35-42(87-89(75,76)77)41(70)48(86-35)67-25-62-40-44(54)60-24-61-45(40)67/h6-9,19,24-27,31,35,41-43,48,70-71H,10-18,20-23H2,1-5H3,(H,57,68)(H,58,73)(H,59,72)(H,78,79)(H,80,81)(H2,54,60,61)(H4,55,56,63)(H2,75,76,77). The van der Waals surface area contributed by atoms with Gasteiger partial charge in [0.1, 0.15) is 65.4 Å². The van der Waals surface area contributed by atoms with Crippen LogP contribution in [0, 0.1) is 11.3 Å². The molecule has 2 saturated heterocycles. The molecule has 0 aliphatic carbocycles. The van der Waals surface area contributed by atoms with Crippen LogP contribution in [0.5, 0.6) is 5.75 Å². The molecule has 8 atom stereocenters. The van der Waals surface area contributed by atoms with Gasteiger partial charge in [0, 0.05) is 68.0 Å². The van der Waals surface area contributed by atoms with Crippen LogP contribution >= 0.6 is 58.4 Å². The van der Waals surface area contributed by atoms with Crippen LogP contribution in [-0.2, 0) is 69.1 Å². The first-order valence-electron chi connectivity index (χ1n) is 28.1. The fourth-order valence-corrected chi connectivity index (χ4v) is 13.5. The SMILES string of the molecule is CC(C)CC(N=C(N)N)C(=O)NCC(=O)N1CCC(c2cc(-c3ccc(OCc4ccc(C(=O)SCCNC(=O)CCNC(=O)C(O)C(C)(C)COP(=O)(O)OP(=O)(O)OCC5OC(n6cnc7c(N)ncnc76)C(O)C5OP(=O)(O)O)o4)c(Cl)c3Cl)nn2C)CC1. The van der Waals surface area contributed by atoms with E-state index in [0.717, 1.165) is 34.7 Å². The minimum Gasteiger partial charge on any atom is -0.484 e. The van der Waals surface area contributed by atoms with Crippen LogP contribution in [0.2, 0.25) is 10.0 Å². The lowest BCUT2D eigenvalue weighted by atomic mass is 9.87. The molecule has 2 aliphatic rings. The van der Waals surface area contributed by atoms with Crippen LogP contribution in [0.4, 0.5) is 5.82 Å². The average molecular weight is 1410 g/mol. The number of furan rings is 1. The minimum absolute atomic E-state index is 0.00867. The van der Waals surface area contributed by atoms with Crippen molar-refractivity contribution in [1.29, 1.82) is 0 Å². The molecule has 92 heavy (non-hydrogen) atoms. The highest BCUT2D eigenvalue weighted by atomic mass is 35.5. The molecule has 2 fully saturated rings. The maximum atomic E-state index is 13.1. The van der Waals surface area contributed by atoms with Crippen molar-refractivity contribution in [1.82, 2.24) is 50.1 Å². The molecule has 8 unspecified atom stereocenters. The number of phosphoric ester groups is 3. The van der Waals surface area contributed by atoms with Crippen molar-refractivity contribution in [3.05, 3.63) is 70.2 Å². The first-order valence-corrected chi connectivity index (χ1v) is 34.3. The molecule has 15 N–H and O–H groups in total. The largest absolute Gasteiger partial charge is 0.484 e. The molecule has 0 spiro atoms. The molecule has 4 amide bonds. The van der Waals surface area contributed by atoms with E-state index in [9.17, 15) is 67.5 Å². The van der Waals surface area contributed by atoms with E-state index in [1.54, 1.807) is 27.8 Å². The fraction of sp³-hybridized carbons (Fsp3) is 0.529. The normalized spacial score (nSPS) is 19.3. The molecule has 1 aromatic carbocycles. The molecule has 7 rings (SSSR count). The van der Waals surface area contributed by atoms with Crippen molar-refractivity contribution in [3.63, 3.8) is 0 Å². The number of guanidine groups is 1. The number of piperidine rings is 1. The number of aliphatic hydroxyl groups is 2. The Morgan fingerprint density at radius 2 is 1.64 bits per heavy atom. The number of aliphatic imine (C=N–C) groups is 1. The van der Waals surface area contributed by atoms with Gasteiger partial charge < -0.3 is 81.7 Å². The zero-order chi connectivity index (χ0) is 67.6. The van der Waals surface area contributed by atoms with Crippen LogP contribution in [0.3, 0.4) is 0 Å². The topological polar surface area (TPSA) is 518 Å². The number of aromatic nitrogens is 6. The highest BCUT2D eigenvalue weighted by molar-refractivity contribution is 8.14. The summed E-state index contributed by atoms with van der Waals surface area (Å²) in [5.74, 6) is -1.57. The molecule has 2 aliphatic heterocycles. The molecule has 0 radical (unpaired) electrons. The number of likely N-dealkylation sites (tertiary alicyclic amines) is 1. The quantitative estimate of drug-likeness (QED) is 0.0131. The zero-order valence-corrected chi connectivity index (χ0v) is 55.0. The number of aryl methyl sites for hydroxylation is 1. The molecule has 41 heteroatoms. The predicted molar refractivity (Wildman–Crippen MR) is 329 cm³/mol. The Kier molecular flexibility index (Phi) is 25.0. The summed E-state index contributed by atoms with van der Waals surface area (Å²) >= 11 is 14.3. The molecule has 0 saturated carbocycles. The maximum Gasteiger partial charge on any atom is 0.481 e. The van der Waals surface area contributed by atoms with Crippen molar-refractivity contribution >= 4 is 110 Å². The van der Waals surface area contributed by atoms with E-state index in [1.165, 1.54) is 19.9 Å². The third kappa shape index (κ3) is 20.0. The number of thioether (sulfide) groups is 1. The Labute approximate surface area is 539 Å². The summed E-state index contributed by atoms with van der Waals surface area (Å²) < 4.78 is 76.1. The van der Waals surface area contributed by atoms with Gasteiger partial charge in [-0.2, -0.15) is 9.41 Å². The number of anilines is 1. The van der Waals surface area contributed by atoms with Gasteiger partial charge in [-0.05, 0) is 55.5 Å². The van der Waals surface area contributed by atoms with Gasteiger partial charge in [0.05, 0.1) is 36.8 Å². The van der Waals surface area contributed by atoms with Crippen molar-refractivity contribution in [2.45, 2.75) is 103 Å². The number of nitrogens with zero attached hydrogens (tertiary/aromatic N) is 8. The predicted octanol–water partition coefficient (Wildman–Crippen LogP) is 2.37.